The number of carbonyl (C=O) groups excluding carboxylic acids is 2. The van der Waals surface area contributed by atoms with Crippen molar-refractivity contribution in [1.29, 1.82) is 0 Å². The Labute approximate surface area is 399 Å². The van der Waals surface area contributed by atoms with Gasteiger partial charge in [0.25, 0.3) is 0 Å². The van der Waals surface area contributed by atoms with Gasteiger partial charge in [-0.1, -0.05) is 263 Å². The van der Waals surface area contributed by atoms with E-state index in [0.717, 1.165) is 70.6 Å². The smallest absolute Gasteiger partial charge is 0.305 e. The van der Waals surface area contributed by atoms with E-state index >= 15 is 0 Å². The zero-order valence-electron chi connectivity index (χ0n) is 43.0. The van der Waals surface area contributed by atoms with Gasteiger partial charge in [-0.25, -0.2) is 0 Å². The lowest BCUT2D eigenvalue weighted by Gasteiger charge is -2.22. The van der Waals surface area contributed by atoms with Crippen molar-refractivity contribution >= 4 is 11.9 Å². The van der Waals surface area contributed by atoms with Crippen LogP contribution in [-0.4, -0.2) is 47.4 Å². The molecule has 6 heteroatoms. The summed E-state index contributed by atoms with van der Waals surface area (Å²) < 4.78 is 5.45. The number of aliphatic hydroxyl groups excluding tert-OH is 2. The fourth-order valence-electron chi connectivity index (χ4n) is 8.85. The Morgan fingerprint density at radius 1 is 0.438 bits per heavy atom. The zero-order valence-corrected chi connectivity index (χ0v) is 43.0. The highest BCUT2D eigenvalue weighted by molar-refractivity contribution is 5.76. The SMILES string of the molecule is CCCCC/C=C\C/C=C\CCCCCCCC(=O)OCCCCCCCCCCCC(=O)NC(CO)C(O)CCCCCCCCCCCCCCCCCCCCCCCCC. The predicted octanol–water partition coefficient (Wildman–Crippen LogP) is 17.5. The van der Waals surface area contributed by atoms with Crippen molar-refractivity contribution in [2.75, 3.05) is 13.2 Å². The summed E-state index contributed by atoms with van der Waals surface area (Å²) in [5, 5.41) is 23.3. The van der Waals surface area contributed by atoms with Crippen molar-refractivity contribution in [1.82, 2.24) is 5.32 Å². The van der Waals surface area contributed by atoms with Crippen LogP contribution in [0.5, 0.6) is 0 Å². The third kappa shape index (κ3) is 49.8. The van der Waals surface area contributed by atoms with Gasteiger partial charge in [-0.3, -0.25) is 9.59 Å². The summed E-state index contributed by atoms with van der Waals surface area (Å²) in [6.45, 7) is 4.87. The van der Waals surface area contributed by atoms with Crippen LogP contribution in [0, 0.1) is 0 Å². The fraction of sp³-hybridized carbons (Fsp3) is 0.897. The molecule has 0 aromatic heterocycles. The molecule has 0 radical (unpaired) electrons. The van der Waals surface area contributed by atoms with Crippen molar-refractivity contribution in [3.63, 3.8) is 0 Å². The predicted molar refractivity (Wildman–Crippen MR) is 278 cm³/mol. The van der Waals surface area contributed by atoms with Crippen molar-refractivity contribution < 1.29 is 24.5 Å². The number of ether oxygens (including phenoxy) is 1. The summed E-state index contributed by atoms with van der Waals surface area (Å²) in [4.78, 5) is 24.5. The minimum atomic E-state index is -0.684. The van der Waals surface area contributed by atoms with Crippen LogP contribution >= 0.6 is 0 Å². The molecule has 6 nitrogen and oxygen atoms in total. The first kappa shape index (κ1) is 62.3. The van der Waals surface area contributed by atoms with Crippen LogP contribution < -0.4 is 5.32 Å². The van der Waals surface area contributed by atoms with Gasteiger partial charge in [0.2, 0.25) is 5.91 Å². The highest BCUT2D eigenvalue weighted by Gasteiger charge is 2.20. The molecule has 378 valence electrons. The molecular formula is C58H111NO5. The average molecular weight is 903 g/mol. The van der Waals surface area contributed by atoms with Gasteiger partial charge in [0.15, 0.2) is 0 Å². The first-order valence-electron chi connectivity index (χ1n) is 28.6. The molecular weight excluding hydrogens is 791 g/mol. The van der Waals surface area contributed by atoms with E-state index in [4.69, 9.17) is 4.74 Å². The number of nitrogens with one attached hydrogen (secondary N) is 1. The van der Waals surface area contributed by atoms with Crippen LogP contribution in [0.15, 0.2) is 24.3 Å². The second-order valence-corrected chi connectivity index (χ2v) is 19.6. The maximum absolute atomic E-state index is 12.5. The quantitative estimate of drug-likeness (QED) is 0.0321. The Morgan fingerprint density at radius 3 is 1.22 bits per heavy atom. The van der Waals surface area contributed by atoms with Gasteiger partial charge in [-0.2, -0.15) is 0 Å². The van der Waals surface area contributed by atoms with E-state index < -0.39 is 12.1 Å². The zero-order chi connectivity index (χ0) is 46.5. The number of amides is 1. The molecule has 0 aromatic rings. The van der Waals surface area contributed by atoms with Crippen LogP contribution in [0.4, 0.5) is 0 Å². The highest BCUT2D eigenvalue weighted by Crippen LogP contribution is 2.17. The van der Waals surface area contributed by atoms with Gasteiger partial charge in [0, 0.05) is 12.8 Å². The van der Waals surface area contributed by atoms with Gasteiger partial charge in [0.05, 0.1) is 25.4 Å². The monoisotopic (exact) mass is 902 g/mol. The van der Waals surface area contributed by atoms with Gasteiger partial charge in [-0.05, 0) is 57.8 Å². The molecule has 0 heterocycles. The van der Waals surface area contributed by atoms with Crippen molar-refractivity contribution in [2.45, 2.75) is 321 Å². The minimum Gasteiger partial charge on any atom is -0.466 e. The molecule has 2 unspecified atom stereocenters. The summed E-state index contributed by atoms with van der Waals surface area (Å²) in [5.74, 6) is -0.0990. The van der Waals surface area contributed by atoms with E-state index in [1.54, 1.807) is 0 Å². The van der Waals surface area contributed by atoms with Gasteiger partial charge in [0.1, 0.15) is 0 Å². The van der Waals surface area contributed by atoms with Crippen LogP contribution in [0.1, 0.15) is 309 Å². The van der Waals surface area contributed by atoms with Gasteiger partial charge in [-0.15, -0.1) is 0 Å². The molecule has 0 aromatic carbocycles. The Kier molecular flexibility index (Phi) is 52.6. The van der Waals surface area contributed by atoms with Crippen LogP contribution in [0.25, 0.3) is 0 Å². The lowest BCUT2D eigenvalue weighted by atomic mass is 10.0. The van der Waals surface area contributed by atoms with E-state index in [1.807, 2.05) is 0 Å². The van der Waals surface area contributed by atoms with Crippen LogP contribution in [0.2, 0.25) is 0 Å². The van der Waals surface area contributed by atoms with Crippen LogP contribution in [-0.2, 0) is 14.3 Å². The molecule has 0 saturated carbocycles. The summed E-state index contributed by atoms with van der Waals surface area (Å²) in [7, 11) is 0. The molecule has 0 aliphatic heterocycles. The molecule has 0 fully saturated rings. The number of hydrogen-bond donors (Lipinski definition) is 3. The van der Waals surface area contributed by atoms with E-state index in [-0.39, 0.29) is 18.5 Å². The largest absolute Gasteiger partial charge is 0.466 e. The third-order valence-electron chi connectivity index (χ3n) is 13.3. The molecule has 0 aliphatic carbocycles. The normalized spacial score (nSPS) is 12.8. The Morgan fingerprint density at radius 2 is 0.781 bits per heavy atom. The molecule has 0 aliphatic rings. The molecule has 3 N–H and O–H groups in total. The molecule has 1 amide bonds. The molecule has 0 spiro atoms. The van der Waals surface area contributed by atoms with E-state index in [9.17, 15) is 19.8 Å². The number of allylic oxidation sites excluding steroid dienone is 4. The number of carbonyl (C=O) groups is 2. The third-order valence-corrected chi connectivity index (χ3v) is 13.3. The van der Waals surface area contributed by atoms with E-state index in [2.05, 4.69) is 43.5 Å². The second-order valence-electron chi connectivity index (χ2n) is 19.6. The van der Waals surface area contributed by atoms with E-state index in [1.165, 1.54) is 205 Å². The molecule has 0 saturated heterocycles. The first-order chi connectivity index (χ1) is 31.5. The first-order valence-corrected chi connectivity index (χ1v) is 28.6. The summed E-state index contributed by atoms with van der Waals surface area (Å²) >= 11 is 0. The standard InChI is InChI=1S/C58H111NO5/c1-3-5-7-9-11-13-15-17-19-20-21-22-23-24-25-26-28-29-31-34-38-42-46-50-56(61)55(54-60)59-57(62)51-47-43-39-35-33-37-41-45-49-53-64-58(63)52-48-44-40-36-32-30-27-18-16-14-12-10-8-6-4-2/h12,14,18,27,55-56,60-61H,3-11,13,15-17,19-26,28-54H2,1-2H3,(H,59,62)/b14-12-,27-18-. The molecule has 2 atom stereocenters. The molecule has 64 heavy (non-hydrogen) atoms. The summed E-state index contributed by atoms with van der Waals surface area (Å²) in [6, 6.07) is -0.564. The molecule has 0 bridgehead atoms. The van der Waals surface area contributed by atoms with Gasteiger partial charge >= 0.3 is 5.97 Å². The van der Waals surface area contributed by atoms with Gasteiger partial charge < -0.3 is 20.3 Å². The average Bonchev–Trinajstić information content (AvgIpc) is 3.29. The number of aliphatic hydroxyl groups is 2. The van der Waals surface area contributed by atoms with Crippen molar-refractivity contribution in [3.05, 3.63) is 24.3 Å². The van der Waals surface area contributed by atoms with Crippen LogP contribution in [0.3, 0.4) is 0 Å². The Hall–Kier alpha value is -1.66. The molecule has 0 rings (SSSR count). The van der Waals surface area contributed by atoms with E-state index in [0.29, 0.717) is 25.9 Å². The highest BCUT2D eigenvalue weighted by atomic mass is 16.5. The number of unbranched alkanes of at least 4 members (excludes halogenated alkanes) is 38. The maximum Gasteiger partial charge on any atom is 0.305 e. The maximum atomic E-state index is 12.5. The van der Waals surface area contributed by atoms with Crippen molar-refractivity contribution in [3.8, 4) is 0 Å². The lowest BCUT2D eigenvalue weighted by molar-refractivity contribution is -0.143. The van der Waals surface area contributed by atoms with Crippen molar-refractivity contribution in [2.24, 2.45) is 0 Å². The summed E-state index contributed by atoms with van der Waals surface area (Å²) in [5.41, 5.74) is 0. The minimum absolute atomic E-state index is 0.0380. The fourth-order valence-corrected chi connectivity index (χ4v) is 8.85. The number of rotatable bonds is 53. The number of esters is 1. The second kappa shape index (κ2) is 54.0. The summed E-state index contributed by atoms with van der Waals surface area (Å²) in [6.07, 6.45) is 64.5. The Bertz CT molecular complexity index is 997. The Balaban J connectivity index is 3.48. The lowest BCUT2D eigenvalue weighted by Crippen LogP contribution is -2.45. The number of hydrogen-bond acceptors (Lipinski definition) is 5. The topological polar surface area (TPSA) is 95.9 Å².